The molecule has 3 aromatic rings. The molecule has 0 saturated heterocycles. The summed E-state index contributed by atoms with van der Waals surface area (Å²) in [5.74, 6) is -0.112. The zero-order valence-electron chi connectivity index (χ0n) is 12.7. The zero-order valence-corrected chi connectivity index (χ0v) is 12.7. The van der Waals surface area contributed by atoms with Crippen molar-refractivity contribution in [3.8, 4) is 11.5 Å². The van der Waals surface area contributed by atoms with Crippen molar-refractivity contribution < 1.29 is 14.0 Å². The quantitative estimate of drug-likeness (QED) is 0.695. The minimum absolute atomic E-state index is 0.329. The van der Waals surface area contributed by atoms with Gasteiger partial charge >= 0.3 is 0 Å². The monoisotopic (exact) mass is 314 g/mol. The van der Waals surface area contributed by atoms with Crippen molar-refractivity contribution in [1.82, 2.24) is 19.4 Å². The molecule has 6 nitrogen and oxygen atoms in total. The Hall–Kier alpha value is -2.93. The molecular weight excluding hydrogens is 299 g/mol. The highest BCUT2D eigenvalue weighted by molar-refractivity contribution is 5.96. The van der Waals surface area contributed by atoms with Crippen molar-refractivity contribution in [3.05, 3.63) is 66.4 Å². The second-order valence-corrected chi connectivity index (χ2v) is 4.85. The Labute approximate surface area is 132 Å². The fourth-order valence-electron chi connectivity index (χ4n) is 2.24. The van der Waals surface area contributed by atoms with Crippen LogP contribution in [0.3, 0.4) is 0 Å². The number of amides is 1. The summed E-state index contributed by atoms with van der Waals surface area (Å²) in [7, 11) is 2.94. The average Bonchev–Trinajstić information content (AvgIpc) is 3.22. The van der Waals surface area contributed by atoms with Crippen LogP contribution in [-0.4, -0.2) is 39.5 Å². The predicted octanol–water partition coefficient (Wildman–Crippen LogP) is 2.44. The molecule has 0 aliphatic rings. The molecule has 2 heterocycles. The van der Waals surface area contributed by atoms with Gasteiger partial charge in [-0.25, -0.2) is 14.1 Å². The number of carbonyl (C=O) groups is 1. The second-order valence-electron chi connectivity index (χ2n) is 4.85. The molecule has 23 heavy (non-hydrogen) atoms. The molecule has 0 N–H and O–H groups in total. The molecule has 1 amide bonds. The first-order valence-electron chi connectivity index (χ1n) is 6.91. The summed E-state index contributed by atoms with van der Waals surface area (Å²) >= 11 is 0. The summed E-state index contributed by atoms with van der Waals surface area (Å²) < 4.78 is 16.5. The van der Waals surface area contributed by atoms with Gasteiger partial charge in [-0.1, -0.05) is 0 Å². The molecule has 0 spiro atoms. The summed E-state index contributed by atoms with van der Waals surface area (Å²) in [4.78, 5) is 17.4. The molecule has 2 aromatic heterocycles. The van der Waals surface area contributed by atoms with Gasteiger partial charge in [0.15, 0.2) is 5.82 Å². The molecule has 0 bridgehead atoms. The molecule has 0 radical (unpaired) electrons. The molecule has 0 atom stereocenters. The Morgan fingerprint density at radius 3 is 2.48 bits per heavy atom. The molecule has 7 heteroatoms. The molecular formula is C16H15FN4O2. The first kappa shape index (κ1) is 15.0. The van der Waals surface area contributed by atoms with Gasteiger partial charge in [0, 0.05) is 19.4 Å². The van der Waals surface area contributed by atoms with Crippen molar-refractivity contribution >= 4 is 5.91 Å². The van der Waals surface area contributed by atoms with Crippen molar-refractivity contribution in [3.63, 3.8) is 0 Å². The largest absolute Gasteiger partial charge is 0.308 e. The van der Waals surface area contributed by atoms with Crippen molar-refractivity contribution in [2.75, 3.05) is 14.2 Å². The number of hydrogen-bond donors (Lipinski definition) is 0. The Kier molecular flexibility index (Phi) is 3.94. The number of hydrogen-bond acceptors (Lipinski definition) is 3. The first-order valence-corrected chi connectivity index (χ1v) is 6.91. The van der Waals surface area contributed by atoms with Crippen LogP contribution < -0.4 is 0 Å². The predicted molar refractivity (Wildman–Crippen MR) is 82.0 cm³/mol. The normalized spacial score (nSPS) is 10.7. The Balaban J connectivity index is 2.16. The van der Waals surface area contributed by atoms with Gasteiger partial charge in [0.05, 0.1) is 19.0 Å². The molecule has 1 aromatic carbocycles. The fourth-order valence-corrected chi connectivity index (χ4v) is 2.24. The van der Waals surface area contributed by atoms with E-state index in [2.05, 4.69) is 5.10 Å². The van der Waals surface area contributed by atoms with E-state index in [9.17, 15) is 9.18 Å². The molecule has 0 saturated carbocycles. The van der Waals surface area contributed by atoms with Gasteiger partial charge in [-0.2, -0.15) is 5.10 Å². The molecule has 0 aliphatic heterocycles. The van der Waals surface area contributed by atoms with Crippen LogP contribution >= 0.6 is 0 Å². The SMILES string of the molecule is CON(C)C(=O)c1cnn(-c2ccc(F)cc2)c1-n1cccc1. The molecule has 118 valence electrons. The smallest absolute Gasteiger partial charge is 0.282 e. The summed E-state index contributed by atoms with van der Waals surface area (Å²) in [5, 5.41) is 5.40. The third-order valence-corrected chi connectivity index (χ3v) is 3.45. The van der Waals surface area contributed by atoms with E-state index in [0.717, 1.165) is 5.06 Å². The van der Waals surface area contributed by atoms with Gasteiger partial charge < -0.3 is 4.57 Å². The number of rotatable bonds is 4. The van der Waals surface area contributed by atoms with Crippen LogP contribution in [0.25, 0.3) is 11.5 Å². The van der Waals surface area contributed by atoms with Crippen LogP contribution in [0, 0.1) is 5.82 Å². The molecule has 3 rings (SSSR count). The summed E-state index contributed by atoms with van der Waals surface area (Å²) in [5.41, 5.74) is 1.02. The van der Waals surface area contributed by atoms with Crippen LogP contribution in [0.4, 0.5) is 4.39 Å². The van der Waals surface area contributed by atoms with E-state index in [4.69, 9.17) is 4.84 Å². The van der Waals surface area contributed by atoms with Crippen molar-refractivity contribution in [2.45, 2.75) is 0 Å². The van der Waals surface area contributed by atoms with E-state index in [-0.39, 0.29) is 11.7 Å². The fraction of sp³-hybridized carbons (Fsp3) is 0.125. The number of benzene rings is 1. The van der Waals surface area contributed by atoms with E-state index in [0.29, 0.717) is 17.1 Å². The lowest BCUT2D eigenvalue weighted by atomic mass is 10.2. The summed E-state index contributed by atoms with van der Waals surface area (Å²) in [6, 6.07) is 9.58. The standard InChI is InChI=1S/C16H15FN4O2/c1-19(23-2)16(22)14-11-18-21(13-7-5-12(17)6-8-13)15(14)20-9-3-4-10-20/h3-11H,1-2H3. The zero-order chi connectivity index (χ0) is 16.4. The van der Waals surface area contributed by atoms with Crippen LogP contribution in [0.15, 0.2) is 55.0 Å². The van der Waals surface area contributed by atoms with E-state index >= 15 is 0 Å². The van der Waals surface area contributed by atoms with Crippen LogP contribution in [0.2, 0.25) is 0 Å². The highest BCUT2D eigenvalue weighted by Crippen LogP contribution is 2.21. The molecule has 0 fully saturated rings. The lowest BCUT2D eigenvalue weighted by Crippen LogP contribution is -2.26. The van der Waals surface area contributed by atoms with Gasteiger partial charge in [0.2, 0.25) is 0 Å². The highest BCUT2D eigenvalue weighted by Gasteiger charge is 2.22. The van der Waals surface area contributed by atoms with Gasteiger partial charge in [0.25, 0.3) is 5.91 Å². The lowest BCUT2D eigenvalue weighted by Gasteiger charge is -2.15. The number of halogens is 1. The van der Waals surface area contributed by atoms with E-state index in [1.807, 2.05) is 12.1 Å². The molecule has 0 aliphatic carbocycles. The van der Waals surface area contributed by atoms with E-state index in [1.54, 1.807) is 33.8 Å². The van der Waals surface area contributed by atoms with Crippen LogP contribution in [0.5, 0.6) is 0 Å². The Morgan fingerprint density at radius 1 is 1.22 bits per heavy atom. The Morgan fingerprint density at radius 2 is 1.87 bits per heavy atom. The minimum Gasteiger partial charge on any atom is -0.308 e. The maximum atomic E-state index is 13.1. The minimum atomic E-state index is -0.334. The number of nitrogens with zero attached hydrogens (tertiary/aromatic N) is 4. The number of aromatic nitrogens is 3. The van der Waals surface area contributed by atoms with Gasteiger partial charge in [-0.05, 0) is 36.4 Å². The average molecular weight is 314 g/mol. The van der Waals surface area contributed by atoms with Crippen LogP contribution in [0.1, 0.15) is 10.4 Å². The topological polar surface area (TPSA) is 52.3 Å². The van der Waals surface area contributed by atoms with Gasteiger partial charge in [-0.15, -0.1) is 0 Å². The summed E-state index contributed by atoms with van der Waals surface area (Å²) in [6.07, 6.45) is 5.08. The number of hydroxylamine groups is 2. The summed E-state index contributed by atoms with van der Waals surface area (Å²) in [6.45, 7) is 0. The third-order valence-electron chi connectivity index (χ3n) is 3.45. The van der Waals surface area contributed by atoms with E-state index in [1.165, 1.54) is 32.5 Å². The van der Waals surface area contributed by atoms with E-state index < -0.39 is 0 Å². The highest BCUT2D eigenvalue weighted by atomic mass is 19.1. The van der Waals surface area contributed by atoms with Gasteiger partial charge in [-0.3, -0.25) is 9.63 Å². The molecule has 0 unspecified atom stereocenters. The third kappa shape index (κ3) is 2.74. The van der Waals surface area contributed by atoms with Crippen LogP contribution in [-0.2, 0) is 4.84 Å². The van der Waals surface area contributed by atoms with Crippen molar-refractivity contribution in [1.29, 1.82) is 0 Å². The lowest BCUT2D eigenvalue weighted by molar-refractivity contribution is -0.0756. The van der Waals surface area contributed by atoms with Crippen molar-refractivity contribution in [2.24, 2.45) is 0 Å². The maximum absolute atomic E-state index is 13.1. The van der Waals surface area contributed by atoms with Gasteiger partial charge in [0.1, 0.15) is 11.4 Å². The first-order chi connectivity index (χ1) is 11.1. The second kappa shape index (κ2) is 6.05. The maximum Gasteiger partial charge on any atom is 0.282 e. The number of carbonyl (C=O) groups excluding carboxylic acids is 1. The Bertz CT molecular complexity index is 809.